The van der Waals surface area contributed by atoms with Gasteiger partial charge in [-0.05, 0) is 65.6 Å². The molecule has 0 aliphatic carbocycles. The summed E-state index contributed by atoms with van der Waals surface area (Å²) in [7, 11) is 2.01. The van der Waals surface area contributed by atoms with E-state index in [1.54, 1.807) is 0 Å². The number of hydrogen-bond donors (Lipinski definition) is 1. The Balaban J connectivity index is 1.99. The Morgan fingerprint density at radius 2 is 2.00 bits per heavy atom. The highest BCUT2D eigenvalue weighted by Gasteiger charge is 2.11. The number of rotatable bonds is 6. The van der Waals surface area contributed by atoms with Gasteiger partial charge in [0.1, 0.15) is 0 Å². The molecule has 2 aromatic carbocycles. The molecule has 0 amide bonds. The molecule has 21 heavy (non-hydrogen) atoms. The highest BCUT2D eigenvalue weighted by atomic mass is 79.9. The van der Waals surface area contributed by atoms with Gasteiger partial charge in [0.25, 0.3) is 0 Å². The maximum Gasteiger partial charge on any atom is 0.0441 e. The molecule has 0 saturated heterocycles. The van der Waals surface area contributed by atoms with Crippen LogP contribution < -0.4 is 5.32 Å². The first-order valence-corrected chi connectivity index (χ1v) is 9.05. The van der Waals surface area contributed by atoms with Crippen LogP contribution in [-0.4, -0.2) is 18.8 Å². The van der Waals surface area contributed by atoms with Crippen molar-refractivity contribution < 1.29 is 0 Å². The minimum absolute atomic E-state index is 0.391. The third-order valence-corrected chi connectivity index (χ3v) is 5.90. The highest BCUT2D eigenvalue weighted by Crippen LogP contribution is 2.28. The summed E-state index contributed by atoms with van der Waals surface area (Å²) >= 11 is 11.8. The first-order chi connectivity index (χ1) is 10.1. The smallest absolute Gasteiger partial charge is 0.0441 e. The lowest BCUT2D eigenvalue weighted by molar-refractivity contribution is 0.617. The van der Waals surface area contributed by atoms with Crippen LogP contribution in [0.1, 0.15) is 11.1 Å². The predicted molar refractivity (Wildman–Crippen MR) is 97.6 cm³/mol. The van der Waals surface area contributed by atoms with Gasteiger partial charge in [-0.1, -0.05) is 35.9 Å². The molecule has 2 aromatic rings. The summed E-state index contributed by atoms with van der Waals surface area (Å²) in [5.41, 5.74) is 2.40. The molecule has 2 rings (SSSR count). The molecule has 0 aliphatic rings. The SMILES string of the molecule is CNC(CSc1ccccc1Br)Cc1ccc(C)cc1Cl. The van der Waals surface area contributed by atoms with Crippen molar-refractivity contribution in [2.24, 2.45) is 0 Å². The van der Waals surface area contributed by atoms with E-state index >= 15 is 0 Å². The van der Waals surface area contributed by atoms with Crippen LogP contribution in [0.5, 0.6) is 0 Å². The number of hydrogen-bond acceptors (Lipinski definition) is 2. The summed E-state index contributed by atoms with van der Waals surface area (Å²) < 4.78 is 1.15. The van der Waals surface area contributed by atoms with Crippen molar-refractivity contribution in [1.29, 1.82) is 0 Å². The maximum atomic E-state index is 6.33. The molecule has 1 unspecified atom stereocenters. The van der Waals surface area contributed by atoms with Crippen LogP contribution in [0.3, 0.4) is 0 Å². The van der Waals surface area contributed by atoms with Crippen LogP contribution in [0.15, 0.2) is 51.8 Å². The fraction of sp³-hybridized carbons (Fsp3) is 0.294. The number of halogens is 2. The number of thioether (sulfide) groups is 1. The summed E-state index contributed by atoms with van der Waals surface area (Å²) in [4.78, 5) is 1.27. The van der Waals surface area contributed by atoms with Crippen molar-refractivity contribution in [3.05, 3.63) is 63.1 Å². The van der Waals surface area contributed by atoms with Crippen LogP contribution in [-0.2, 0) is 6.42 Å². The van der Waals surface area contributed by atoms with E-state index in [9.17, 15) is 0 Å². The molecule has 112 valence electrons. The van der Waals surface area contributed by atoms with Gasteiger partial charge in [-0.3, -0.25) is 0 Å². The molecule has 0 radical (unpaired) electrons. The van der Waals surface area contributed by atoms with Crippen molar-refractivity contribution in [2.45, 2.75) is 24.3 Å². The van der Waals surface area contributed by atoms with E-state index < -0.39 is 0 Å². The molecule has 0 saturated carbocycles. The summed E-state index contributed by atoms with van der Waals surface area (Å²) in [6, 6.07) is 15.0. The van der Waals surface area contributed by atoms with Gasteiger partial charge in [0, 0.05) is 26.2 Å². The van der Waals surface area contributed by atoms with E-state index in [4.69, 9.17) is 11.6 Å². The molecule has 0 spiro atoms. The third kappa shape index (κ3) is 5.03. The zero-order chi connectivity index (χ0) is 15.2. The van der Waals surface area contributed by atoms with Crippen molar-refractivity contribution >= 4 is 39.3 Å². The van der Waals surface area contributed by atoms with Crippen LogP contribution in [0, 0.1) is 6.92 Å². The van der Waals surface area contributed by atoms with Crippen LogP contribution in [0.2, 0.25) is 5.02 Å². The Labute approximate surface area is 144 Å². The Morgan fingerprint density at radius 3 is 2.67 bits per heavy atom. The maximum absolute atomic E-state index is 6.33. The Kier molecular flexibility index (Phi) is 6.62. The van der Waals surface area contributed by atoms with E-state index in [0.29, 0.717) is 6.04 Å². The lowest BCUT2D eigenvalue weighted by atomic mass is 10.1. The van der Waals surface area contributed by atoms with Gasteiger partial charge >= 0.3 is 0 Å². The molecule has 0 heterocycles. The van der Waals surface area contributed by atoms with Gasteiger partial charge in [0.15, 0.2) is 0 Å². The molecule has 0 aliphatic heterocycles. The second-order valence-corrected chi connectivity index (χ2v) is 7.35. The Hall–Kier alpha value is -0.480. The standard InChI is InChI=1S/C17H19BrClNS/c1-12-7-8-13(16(19)9-12)10-14(20-2)11-21-17-6-4-3-5-15(17)18/h3-9,14,20H,10-11H2,1-2H3. The van der Waals surface area contributed by atoms with Crippen LogP contribution >= 0.6 is 39.3 Å². The van der Waals surface area contributed by atoms with Crippen molar-refractivity contribution in [1.82, 2.24) is 5.32 Å². The summed E-state index contributed by atoms with van der Waals surface area (Å²) in [5, 5.41) is 4.25. The quantitative estimate of drug-likeness (QED) is 0.675. The van der Waals surface area contributed by atoms with Gasteiger partial charge in [-0.2, -0.15) is 0 Å². The van der Waals surface area contributed by atoms with Gasteiger partial charge in [-0.25, -0.2) is 0 Å². The molecule has 0 fully saturated rings. The fourth-order valence-corrected chi connectivity index (χ4v) is 4.07. The molecular formula is C17H19BrClNS. The first-order valence-electron chi connectivity index (χ1n) is 6.89. The summed E-state index contributed by atoms with van der Waals surface area (Å²) in [6.45, 7) is 2.06. The lowest BCUT2D eigenvalue weighted by Gasteiger charge is -2.17. The van der Waals surface area contributed by atoms with Crippen LogP contribution in [0.4, 0.5) is 0 Å². The monoisotopic (exact) mass is 383 g/mol. The molecular weight excluding hydrogens is 366 g/mol. The molecule has 1 atom stereocenters. The second kappa shape index (κ2) is 8.23. The van der Waals surface area contributed by atoms with E-state index in [0.717, 1.165) is 21.7 Å². The van der Waals surface area contributed by atoms with E-state index in [1.165, 1.54) is 16.0 Å². The molecule has 1 N–H and O–H groups in total. The zero-order valence-electron chi connectivity index (χ0n) is 12.2. The zero-order valence-corrected chi connectivity index (χ0v) is 15.4. The van der Waals surface area contributed by atoms with Gasteiger partial charge in [0.2, 0.25) is 0 Å². The first kappa shape index (κ1) is 16.9. The lowest BCUT2D eigenvalue weighted by Crippen LogP contribution is -2.30. The Morgan fingerprint density at radius 1 is 1.24 bits per heavy atom. The largest absolute Gasteiger partial charge is 0.316 e. The van der Waals surface area contributed by atoms with Crippen LogP contribution in [0.25, 0.3) is 0 Å². The van der Waals surface area contributed by atoms with E-state index in [-0.39, 0.29) is 0 Å². The van der Waals surface area contributed by atoms with E-state index in [1.807, 2.05) is 30.9 Å². The number of benzene rings is 2. The molecule has 0 aromatic heterocycles. The number of nitrogens with one attached hydrogen (secondary N) is 1. The van der Waals surface area contributed by atoms with E-state index in [2.05, 4.69) is 58.5 Å². The Bertz CT molecular complexity index is 603. The average Bonchev–Trinajstić information content (AvgIpc) is 2.47. The summed E-state index contributed by atoms with van der Waals surface area (Å²) in [6.07, 6.45) is 0.938. The van der Waals surface area contributed by atoms with Crippen molar-refractivity contribution in [2.75, 3.05) is 12.8 Å². The minimum atomic E-state index is 0.391. The number of aryl methyl sites for hydroxylation is 1. The van der Waals surface area contributed by atoms with Crippen molar-refractivity contribution in [3.63, 3.8) is 0 Å². The summed E-state index contributed by atoms with van der Waals surface area (Å²) in [5.74, 6) is 1.00. The van der Waals surface area contributed by atoms with Gasteiger partial charge in [0.05, 0.1) is 0 Å². The number of likely N-dealkylation sites (N-methyl/N-ethyl adjacent to an activating group) is 1. The predicted octanol–water partition coefficient (Wildman–Crippen LogP) is 5.33. The fourth-order valence-electron chi connectivity index (χ4n) is 2.08. The average molecular weight is 385 g/mol. The van der Waals surface area contributed by atoms with Gasteiger partial charge in [-0.15, -0.1) is 11.8 Å². The topological polar surface area (TPSA) is 12.0 Å². The normalized spacial score (nSPS) is 12.4. The third-order valence-electron chi connectivity index (χ3n) is 3.36. The highest BCUT2D eigenvalue weighted by molar-refractivity contribution is 9.10. The van der Waals surface area contributed by atoms with Gasteiger partial charge < -0.3 is 5.32 Å². The molecule has 1 nitrogen and oxygen atoms in total. The molecule has 0 bridgehead atoms. The second-order valence-electron chi connectivity index (χ2n) is 5.03. The minimum Gasteiger partial charge on any atom is -0.316 e. The molecule has 4 heteroatoms. The van der Waals surface area contributed by atoms with Crippen molar-refractivity contribution in [3.8, 4) is 0 Å².